The molecule has 1 amide bonds. The van der Waals surface area contributed by atoms with E-state index >= 15 is 0 Å². The van der Waals surface area contributed by atoms with Gasteiger partial charge in [-0.1, -0.05) is 42.5 Å². The van der Waals surface area contributed by atoms with Crippen LogP contribution in [0.5, 0.6) is 11.5 Å². The first kappa shape index (κ1) is 21.6. The minimum absolute atomic E-state index is 0.0292. The fourth-order valence-corrected chi connectivity index (χ4v) is 4.25. The van der Waals surface area contributed by atoms with Crippen molar-refractivity contribution in [2.24, 2.45) is 5.92 Å². The van der Waals surface area contributed by atoms with Gasteiger partial charge < -0.3 is 14.4 Å². The molecule has 0 saturated carbocycles. The second-order valence-electron chi connectivity index (χ2n) is 7.97. The molecular weight excluding hydrogens is 402 g/mol. The van der Waals surface area contributed by atoms with Crippen molar-refractivity contribution in [1.29, 1.82) is 0 Å². The summed E-state index contributed by atoms with van der Waals surface area (Å²) in [7, 11) is 3.12. The number of benzene rings is 3. The zero-order valence-corrected chi connectivity index (χ0v) is 18.4. The Morgan fingerprint density at radius 1 is 0.812 bits per heavy atom. The van der Waals surface area contributed by atoms with Gasteiger partial charge in [0.2, 0.25) is 0 Å². The number of hydrogen-bond donors (Lipinski definition) is 0. The molecule has 3 aromatic carbocycles. The minimum atomic E-state index is -0.233. The molecule has 1 aliphatic heterocycles. The van der Waals surface area contributed by atoms with Crippen LogP contribution in [0, 0.1) is 5.92 Å². The van der Waals surface area contributed by atoms with E-state index in [-0.39, 0.29) is 17.6 Å². The van der Waals surface area contributed by atoms with Crippen molar-refractivity contribution in [2.45, 2.75) is 12.8 Å². The summed E-state index contributed by atoms with van der Waals surface area (Å²) in [5.41, 5.74) is 3.30. The van der Waals surface area contributed by atoms with E-state index in [9.17, 15) is 9.59 Å². The Morgan fingerprint density at radius 3 is 2.31 bits per heavy atom. The van der Waals surface area contributed by atoms with Crippen LogP contribution in [0.3, 0.4) is 0 Å². The van der Waals surface area contributed by atoms with E-state index in [1.807, 2.05) is 54.6 Å². The van der Waals surface area contributed by atoms with Crippen LogP contribution in [0.25, 0.3) is 11.1 Å². The van der Waals surface area contributed by atoms with Gasteiger partial charge in [-0.15, -0.1) is 0 Å². The lowest BCUT2D eigenvalue weighted by atomic mass is 9.89. The molecule has 4 rings (SSSR count). The first-order chi connectivity index (χ1) is 15.6. The molecule has 32 heavy (non-hydrogen) atoms. The monoisotopic (exact) mass is 429 g/mol. The molecule has 0 radical (unpaired) electrons. The number of rotatable bonds is 6. The lowest BCUT2D eigenvalue weighted by molar-refractivity contribution is 0.0637. The molecule has 0 N–H and O–H groups in total. The average molecular weight is 430 g/mol. The lowest BCUT2D eigenvalue weighted by Gasteiger charge is -2.32. The molecule has 164 valence electrons. The number of ketones is 1. The van der Waals surface area contributed by atoms with Crippen molar-refractivity contribution in [3.8, 4) is 22.6 Å². The van der Waals surface area contributed by atoms with Gasteiger partial charge in [0.25, 0.3) is 5.91 Å². The van der Waals surface area contributed by atoms with E-state index in [4.69, 9.17) is 9.47 Å². The van der Waals surface area contributed by atoms with E-state index in [0.29, 0.717) is 35.7 Å². The number of likely N-dealkylation sites (tertiary alicyclic amines) is 1. The van der Waals surface area contributed by atoms with Crippen LogP contribution in [-0.4, -0.2) is 43.9 Å². The molecule has 0 aromatic heterocycles. The third-order valence-electron chi connectivity index (χ3n) is 5.96. The van der Waals surface area contributed by atoms with Crippen LogP contribution in [0.4, 0.5) is 0 Å². The number of ether oxygens (including phenoxy) is 2. The molecule has 0 spiro atoms. The normalized spacial score (nSPS) is 15.8. The van der Waals surface area contributed by atoms with Gasteiger partial charge in [0.15, 0.2) is 17.3 Å². The highest BCUT2D eigenvalue weighted by atomic mass is 16.5. The molecular formula is C27H27NO4. The maximum Gasteiger partial charge on any atom is 0.253 e. The molecule has 1 atom stereocenters. The van der Waals surface area contributed by atoms with E-state index < -0.39 is 0 Å². The van der Waals surface area contributed by atoms with Crippen molar-refractivity contribution in [2.75, 3.05) is 27.3 Å². The van der Waals surface area contributed by atoms with Gasteiger partial charge in [-0.3, -0.25) is 9.59 Å². The maximum absolute atomic E-state index is 13.2. The first-order valence-corrected chi connectivity index (χ1v) is 10.8. The van der Waals surface area contributed by atoms with Crippen LogP contribution >= 0.6 is 0 Å². The molecule has 5 heteroatoms. The average Bonchev–Trinajstić information content (AvgIpc) is 2.88. The number of methoxy groups -OCH3 is 2. The molecule has 1 aliphatic rings. The highest BCUT2D eigenvalue weighted by Crippen LogP contribution is 2.30. The summed E-state index contributed by atoms with van der Waals surface area (Å²) >= 11 is 0. The van der Waals surface area contributed by atoms with Crippen molar-refractivity contribution in [3.05, 3.63) is 83.9 Å². The zero-order chi connectivity index (χ0) is 22.5. The molecule has 1 saturated heterocycles. The predicted molar refractivity (Wildman–Crippen MR) is 124 cm³/mol. The van der Waals surface area contributed by atoms with Crippen LogP contribution in [0.15, 0.2) is 72.8 Å². The summed E-state index contributed by atoms with van der Waals surface area (Å²) in [4.78, 5) is 28.2. The second kappa shape index (κ2) is 9.69. The molecule has 1 fully saturated rings. The van der Waals surface area contributed by atoms with Crippen molar-refractivity contribution in [1.82, 2.24) is 4.90 Å². The second-order valence-corrected chi connectivity index (χ2v) is 7.97. The summed E-state index contributed by atoms with van der Waals surface area (Å²) in [6.45, 7) is 1.08. The maximum atomic E-state index is 13.2. The third-order valence-corrected chi connectivity index (χ3v) is 5.96. The Hall–Kier alpha value is -3.60. The number of Topliss-reactive ketones (excluding diaryl/α,β-unsaturated/α-hetero) is 1. The van der Waals surface area contributed by atoms with Crippen LogP contribution in [0.1, 0.15) is 33.6 Å². The molecule has 3 aromatic rings. The number of piperidine rings is 1. The summed E-state index contributed by atoms with van der Waals surface area (Å²) < 4.78 is 10.6. The van der Waals surface area contributed by atoms with Gasteiger partial charge >= 0.3 is 0 Å². The summed E-state index contributed by atoms with van der Waals surface area (Å²) in [5.74, 6) is 0.875. The largest absolute Gasteiger partial charge is 0.493 e. The predicted octanol–water partition coefficient (Wildman–Crippen LogP) is 5.11. The third kappa shape index (κ3) is 4.52. The Labute approximate surface area is 188 Å². The lowest BCUT2D eigenvalue weighted by Crippen LogP contribution is -2.42. The van der Waals surface area contributed by atoms with Crippen molar-refractivity contribution in [3.63, 3.8) is 0 Å². The van der Waals surface area contributed by atoms with Gasteiger partial charge in [0.05, 0.1) is 14.2 Å². The van der Waals surface area contributed by atoms with Crippen LogP contribution in [0.2, 0.25) is 0 Å². The Kier molecular flexibility index (Phi) is 6.55. The van der Waals surface area contributed by atoms with Gasteiger partial charge in [-0.25, -0.2) is 0 Å². The quantitative estimate of drug-likeness (QED) is 0.511. The van der Waals surface area contributed by atoms with Gasteiger partial charge in [-0.05, 0) is 54.3 Å². The smallest absolute Gasteiger partial charge is 0.253 e. The SMILES string of the molecule is COc1ccc(C(=O)[C@@H]2CCCN(C(=O)c3cccc(-c4ccccc4)c3)C2)cc1OC. The highest BCUT2D eigenvalue weighted by Gasteiger charge is 2.30. The molecule has 0 unspecified atom stereocenters. The van der Waals surface area contributed by atoms with Crippen molar-refractivity contribution < 1.29 is 19.1 Å². The van der Waals surface area contributed by atoms with Crippen molar-refractivity contribution >= 4 is 11.7 Å². The minimum Gasteiger partial charge on any atom is -0.493 e. The molecule has 5 nitrogen and oxygen atoms in total. The standard InChI is InChI=1S/C27H27NO4/c1-31-24-14-13-21(17-25(24)32-2)26(29)23-12-7-15-28(18-23)27(30)22-11-6-10-20(16-22)19-8-4-3-5-9-19/h3-6,8-11,13-14,16-17,23H,7,12,15,18H2,1-2H3/t23-/m1/s1. The van der Waals surface area contributed by atoms with E-state index in [0.717, 1.165) is 24.0 Å². The Bertz CT molecular complexity index is 1110. The number of nitrogens with zero attached hydrogens (tertiary/aromatic N) is 1. The van der Waals surface area contributed by atoms with E-state index in [2.05, 4.69) is 0 Å². The Balaban J connectivity index is 1.51. The number of carbonyl (C=O) groups excluding carboxylic acids is 2. The fraction of sp³-hybridized carbons (Fsp3) is 0.259. The Morgan fingerprint density at radius 2 is 1.56 bits per heavy atom. The summed E-state index contributed by atoms with van der Waals surface area (Å²) in [5, 5.41) is 0. The summed E-state index contributed by atoms with van der Waals surface area (Å²) in [6.07, 6.45) is 1.56. The van der Waals surface area contributed by atoms with Gasteiger partial charge in [-0.2, -0.15) is 0 Å². The summed E-state index contributed by atoms with van der Waals surface area (Å²) in [6, 6.07) is 22.9. The molecule has 0 aliphatic carbocycles. The zero-order valence-electron chi connectivity index (χ0n) is 18.4. The number of carbonyl (C=O) groups is 2. The van der Waals surface area contributed by atoms with E-state index in [1.165, 1.54) is 0 Å². The molecule has 1 heterocycles. The first-order valence-electron chi connectivity index (χ1n) is 10.8. The fourth-order valence-electron chi connectivity index (χ4n) is 4.25. The van der Waals surface area contributed by atoms with Crippen LogP contribution in [-0.2, 0) is 0 Å². The van der Waals surface area contributed by atoms with Gasteiger partial charge in [0.1, 0.15) is 0 Å². The van der Waals surface area contributed by atoms with Crippen LogP contribution < -0.4 is 9.47 Å². The topological polar surface area (TPSA) is 55.8 Å². The molecule has 0 bridgehead atoms. The highest BCUT2D eigenvalue weighted by molar-refractivity contribution is 6.00. The number of amides is 1. The van der Waals surface area contributed by atoms with E-state index in [1.54, 1.807) is 37.3 Å². The van der Waals surface area contributed by atoms with Gasteiger partial charge in [0, 0.05) is 30.1 Å². The number of hydrogen-bond acceptors (Lipinski definition) is 4.